The van der Waals surface area contributed by atoms with Crippen LogP contribution in [0.25, 0.3) is 0 Å². The number of ether oxygens (including phenoxy) is 1. The number of rotatable bonds is 9. The number of amides is 1. The lowest BCUT2D eigenvalue weighted by molar-refractivity contribution is -0.150. The lowest BCUT2D eigenvalue weighted by atomic mass is 9.72. The molecule has 2 N–H and O–H groups in total. The highest BCUT2D eigenvalue weighted by Gasteiger charge is 2.41. The van der Waals surface area contributed by atoms with Gasteiger partial charge in [-0.25, -0.2) is 0 Å². The fourth-order valence-electron chi connectivity index (χ4n) is 3.86. The van der Waals surface area contributed by atoms with Gasteiger partial charge >= 0.3 is 5.97 Å². The molecule has 29 heavy (non-hydrogen) atoms. The molecule has 1 saturated carbocycles. The largest absolute Gasteiger partial charge is 0.465 e. The third-order valence-corrected chi connectivity index (χ3v) is 5.68. The van der Waals surface area contributed by atoms with E-state index in [2.05, 4.69) is 22.8 Å². The minimum absolute atomic E-state index is 0.0523. The highest BCUT2D eigenvalue weighted by Crippen LogP contribution is 2.41. The van der Waals surface area contributed by atoms with Crippen LogP contribution in [0.3, 0.4) is 0 Å². The molecule has 0 aromatic heterocycles. The van der Waals surface area contributed by atoms with Crippen LogP contribution in [0.1, 0.15) is 44.2 Å². The topological polar surface area (TPSA) is 67.4 Å². The molecule has 154 valence electrons. The molecule has 2 aromatic rings. The van der Waals surface area contributed by atoms with Gasteiger partial charge in [-0.1, -0.05) is 60.7 Å². The second kappa shape index (κ2) is 9.23. The van der Waals surface area contributed by atoms with E-state index in [1.807, 2.05) is 48.5 Å². The van der Waals surface area contributed by atoms with Crippen molar-refractivity contribution in [3.8, 4) is 0 Å². The van der Waals surface area contributed by atoms with Crippen LogP contribution >= 0.6 is 0 Å². The number of esters is 1. The molecule has 0 heterocycles. The number of hydrogen-bond acceptors (Lipinski definition) is 4. The first-order valence-electron chi connectivity index (χ1n) is 10.3. The Labute approximate surface area is 172 Å². The van der Waals surface area contributed by atoms with Crippen molar-refractivity contribution in [2.24, 2.45) is 0 Å². The maximum Gasteiger partial charge on any atom is 0.326 e. The molecule has 1 atom stereocenters. The Morgan fingerprint density at radius 2 is 1.66 bits per heavy atom. The van der Waals surface area contributed by atoms with Crippen molar-refractivity contribution < 1.29 is 14.3 Å². The Bertz CT molecular complexity index is 819. The lowest BCUT2D eigenvalue weighted by Gasteiger charge is -2.43. The second-order valence-corrected chi connectivity index (χ2v) is 7.92. The van der Waals surface area contributed by atoms with Gasteiger partial charge in [0.2, 0.25) is 5.91 Å². The summed E-state index contributed by atoms with van der Waals surface area (Å²) in [5.41, 5.74) is 0.876. The molecule has 2 aromatic carbocycles. The molecule has 1 aliphatic carbocycles. The van der Waals surface area contributed by atoms with Crippen LogP contribution in [-0.2, 0) is 26.3 Å². The van der Waals surface area contributed by atoms with E-state index in [-0.39, 0.29) is 24.0 Å². The van der Waals surface area contributed by atoms with Crippen molar-refractivity contribution in [3.63, 3.8) is 0 Å². The first-order valence-corrected chi connectivity index (χ1v) is 10.3. The van der Waals surface area contributed by atoms with Gasteiger partial charge < -0.3 is 10.1 Å². The molecule has 3 rings (SSSR count). The molecule has 0 spiro atoms. The zero-order valence-corrected chi connectivity index (χ0v) is 17.2. The maximum absolute atomic E-state index is 12.8. The smallest absolute Gasteiger partial charge is 0.326 e. The summed E-state index contributed by atoms with van der Waals surface area (Å²) >= 11 is 0. The number of carbonyl (C=O) groups is 2. The lowest BCUT2D eigenvalue weighted by Crippen LogP contribution is -2.58. The maximum atomic E-state index is 12.8. The van der Waals surface area contributed by atoms with Gasteiger partial charge in [0, 0.05) is 6.42 Å². The van der Waals surface area contributed by atoms with Crippen molar-refractivity contribution in [2.45, 2.75) is 50.6 Å². The summed E-state index contributed by atoms with van der Waals surface area (Å²) in [4.78, 5) is 25.4. The van der Waals surface area contributed by atoms with Crippen LogP contribution in [0, 0.1) is 0 Å². The van der Waals surface area contributed by atoms with E-state index in [9.17, 15) is 9.59 Å². The predicted octanol–water partition coefficient (Wildman–Crippen LogP) is 3.34. The predicted molar refractivity (Wildman–Crippen MR) is 113 cm³/mol. The number of carbonyl (C=O) groups excluding carboxylic acids is 2. The van der Waals surface area contributed by atoms with Gasteiger partial charge in [0.25, 0.3) is 0 Å². The third kappa shape index (κ3) is 5.04. The van der Waals surface area contributed by atoms with Crippen molar-refractivity contribution in [2.75, 3.05) is 13.2 Å². The molecular formula is C24H30N2O3. The molecule has 5 heteroatoms. The first-order chi connectivity index (χ1) is 14.0. The molecule has 5 nitrogen and oxygen atoms in total. The van der Waals surface area contributed by atoms with E-state index < -0.39 is 5.54 Å². The molecular weight excluding hydrogens is 364 g/mol. The summed E-state index contributed by atoms with van der Waals surface area (Å²) < 4.78 is 5.28. The Morgan fingerprint density at radius 3 is 2.21 bits per heavy atom. The summed E-state index contributed by atoms with van der Waals surface area (Å²) in [5.74, 6) is -0.463. The van der Waals surface area contributed by atoms with E-state index in [1.54, 1.807) is 13.8 Å². The van der Waals surface area contributed by atoms with Gasteiger partial charge in [0.05, 0.1) is 18.7 Å². The highest BCUT2D eigenvalue weighted by molar-refractivity contribution is 5.84. The minimum Gasteiger partial charge on any atom is -0.465 e. The standard InChI is InChI=1S/C24H30N2O3/c1-3-29-22(28)23(2,17-19-11-6-4-7-12-19)25-18-21(27)26-24(15-10-16-24)20-13-8-5-9-14-20/h4-9,11-14,25H,3,10,15-18H2,1-2H3,(H,26,27)/t23-/m0/s1. The molecule has 0 saturated heterocycles. The molecule has 1 fully saturated rings. The van der Waals surface area contributed by atoms with Crippen LogP contribution < -0.4 is 10.6 Å². The van der Waals surface area contributed by atoms with Gasteiger partial charge in [-0.05, 0) is 44.2 Å². The summed E-state index contributed by atoms with van der Waals surface area (Å²) in [5, 5.41) is 6.36. The molecule has 0 unspecified atom stereocenters. The second-order valence-electron chi connectivity index (χ2n) is 7.92. The fourth-order valence-corrected chi connectivity index (χ4v) is 3.86. The molecule has 1 aliphatic rings. The van der Waals surface area contributed by atoms with Crippen molar-refractivity contribution in [1.82, 2.24) is 10.6 Å². The molecule has 1 amide bonds. The highest BCUT2D eigenvalue weighted by atomic mass is 16.5. The summed E-state index contributed by atoms with van der Waals surface area (Å²) in [7, 11) is 0. The van der Waals surface area contributed by atoms with Crippen LogP contribution in [0.5, 0.6) is 0 Å². The summed E-state index contributed by atoms with van der Waals surface area (Å²) in [6.07, 6.45) is 3.41. The van der Waals surface area contributed by atoms with Gasteiger partial charge in [-0.15, -0.1) is 0 Å². The van der Waals surface area contributed by atoms with Crippen LogP contribution in [-0.4, -0.2) is 30.6 Å². The quantitative estimate of drug-likeness (QED) is 0.640. The Hall–Kier alpha value is -2.66. The molecule has 0 aliphatic heterocycles. The van der Waals surface area contributed by atoms with Crippen LogP contribution in [0.4, 0.5) is 0 Å². The van der Waals surface area contributed by atoms with E-state index in [0.717, 1.165) is 30.4 Å². The SMILES string of the molecule is CCOC(=O)[C@](C)(Cc1ccccc1)NCC(=O)NC1(c2ccccc2)CCC1. The zero-order chi connectivity index (χ0) is 20.7. The van der Waals surface area contributed by atoms with Crippen LogP contribution in [0.2, 0.25) is 0 Å². The van der Waals surface area contributed by atoms with Crippen molar-refractivity contribution >= 4 is 11.9 Å². The number of hydrogen-bond donors (Lipinski definition) is 2. The molecule has 0 radical (unpaired) electrons. The Morgan fingerprint density at radius 1 is 1.03 bits per heavy atom. The van der Waals surface area contributed by atoms with E-state index in [4.69, 9.17) is 4.74 Å². The van der Waals surface area contributed by atoms with Gasteiger partial charge in [0.15, 0.2) is 0 Å². The zero-order valence-electron chi connectivity index (χ0n) is 17.2. The summed E-state index contributed by atoms with van der Waals surface area (Å²) in [6, 6.07) is 19.9. The first kappa shape index (κ1) is 21.1. The van der Waals surface area contributed by atoms with Crippen LogP contribution in [0.15, 0.2) is 60.7 Å². The average molecular weight is 395 g/mol. The summed E-state index contributed by atoms with van der Waals surface area (Å²) in [6.45, 7) is 3.93. The third-order valence-electron chi connectivity index (χ3n) is 5.68. The van der Waals surface area contributed by atoms with Gasteiger partial charge in [-0.2, -0.15) is 0 Å². The van der Waals surface area contributed by atoms with Crippen molar-refractivity contribution in [3.05, 3.63) is 71.8 Å². The Kier molecular flexibility index (Phi) is 6.70. The minimum atomic E-state index is -0.978. The van der Waals surface area contributed by atoms with E-state index in [1.165, 1.54) is 0 Å². The Balaban J connectivity index is 1.67. The van der Waals surface area contributed by atoms with Crippen molar-refractivity contribution in [1.29, 1.82) is 0 Å². The monoisotopic (exact) mass is 394 g/mol. The fraction of sp³-hybridized carbons (Fsp3) is 0.417. The number of benzene rings is 2. The molecule has 0 bridgehead atoms. The van der Waals surface area contributed by atoms with Gasteiger partial charge in [0.1, 0.15) is 5.54 Å². The van der Waals surface area contributed by atoms with E-state index in [0.29, 0.717) is 13.0 Å². The normalized spacial score (nSPS) is 16.9. The van der Waals surface area contributed by atoms with Gasteiger partial charge in [-0.3, -0.25) is 14.9 Å². The number of nitrogens with one attached hydrogen (secondary N) is 2. The van der Waals surface area contributed by atoms with E-state index >= 15 is 0 Å². The average Bonchev–Trinajstić information content (AvgIpc) is 2.71.